The molecular weight excluding hydrogens is 202 g/mol. The van der Waals surface area contributed by atoms with Crippen LogP contribution < -0.4 is 4.90 Å². The molecule has 3 rings (SSSR count). The van der Waals surface area contributed by atoms with Gasteiger partial charge < -0.3 is 10.0 Å². The molecule has 0 amide bonds. The maximum absolute atomic E-state index is 11.0. The number of hydrogen-bond donors (Lipinski definition) is 1. The zero-order valence-corrected chi connectivity index (χ0v) is 9.36. The summed E-state index contributed by atoms with van der Waals surface area (Å²) in [5, 5.41) is 9.06. The summed E-state index contributed by atoms with van der Waals surface area (Å²) in [6.45, 7) is 4.05. The van der Waals surface area contributed by atoms with Gasteiger partial charge in [0.05, 0.1) is 5.56 Å². The number of anilines is 1. The van der Waals surface area contributed by atoms with Gasteiger partial charge in [0.15, 0.2) is 0 Å². The minimum absolute atomic E-state index is 0.425. The number of carboxylic acid groups (broad SMARTS) is 1. The van der Waals surface area contributed by atoms with E-state index in [1.54, 1.807) is 6.07 Å². The highest BCUT2D eigenvalue weighted by Crippen LogP contribution is 2.53. The zero-order chi connectivity index (χ0) is 11.3. The van der Waals surface area contributed by atoms with Crippen molar-refractivity contribution in [1.29, 1.82) is 0 Å². The summed E-state index contributed by atoms with van der Waals surface area (Å²) in [5.41, 5.74) is 2.92. The minimum Gasteiger partial charge on any atom is -0.478 e. The Labute approximate surface area is 94.7 Å². The number of aromatic carboxylic acids is 1. The highest BCUT2D eigenvalue weighted by atomic mass is 16.4. The second-order valence-electron chi connectivity index (χ2n) is 5.16. The lowest BCUT2D eigenvalue weighted by atomic mass is 9.95. The molecule has 0 unspecified atom stereocenters. The van der Waals surface area contributed by atoms with E-state index in [2.05, 4.69) is 4.90 Å². The Morgan fingerprint density at radius 2 is 2.06 bits per heavy atom. The SMILES string of the molecule is Cc1ccc(N2CC3(CC3)C2)cc1C(=O)O. The van der Waals surface area contributed by atoms with E-state index < -0.39 is 5.97 Å². The van der Waals surface area contributed by atoms with Crippen molar-refractivity contribution in [1.82, 2.24) is 0 Å². The molecule has 1 spiro atoms. The van der Waals surface area contributed by atoms with E-state index in [-0.39, 0.29) is 0 Å². The highest BCUT2D eigenvalue weighted by molar-refractivity contribution is 5.90. The lowest BCUT2D eigenvalue weighted by molar-refractivity contribution is 0.0696. The molecule has 1 saturated heterocycles. The summed E-state index contributed by atoms with van der Waals surface area (Å²) >= 11 is 0. The Kier molecular flexibility index (Phi) is 1.82. The largest absolute Gasteiger partial charge is 0.478 e. The third-order valence-electron chi connectivity index (χ3n) is 3.83. The fraction of sp³-hybridized carbons (Fsp3) is 0.462. The average Bonchev–Trinajstić information content (AvgIpc) is 2.96. The van der Waals surface area contributed by atoms with Gasteiger partial charge in [-0.05, 0) is 37.5 Å². The van der Waals surface area contributed by atoms with Gasteiger partial charge >= 0.3 is 5.97 Å². The van der Waals surface area contributed by atoms with Crippen LogP contribution in [0.2, 0.25) is 0 Å². The van der Waals surface area contributed by atoms with E-state index in [4.69, 9.17) is 5.11 Å². The lowest BCUT2D eigenvalue weighted by Gasteiger charge is -2.42. The zero-order valence-electron chi connectivity index (χ0n) is 9.36. The number of carboxylic acids is 1. The van der Waals surface area contributed by atoms with Crippen molar-refractivity contribution in [3.63, 3.8) is 0 Å². The van der Waals surface area contributed by atoms with E-state index in [1.807, 2.05) is 19.1 Å². The van der Waals surface area contributed by atoms with Gasteiger partial charge in [0, 0.05) is 24.2 Å². The third kappa shape index (κ3) is 1.39. The highest BCUT2D eigenvalue weighted by Gasteiger charge is 2.52. The smallest absolute Gasteiger partial charge is 0.336 e. The molecule has 1 aliphatic heterocycles. The maximum Gasteiger partial charge on any atom is 0.336 e. The Hall–Kier alpha value is -1.51. The quantitative estimate of drug-likeness (QED) is 0.826. The number of benzene rings is 1. The molecule has 0 aromatic heterocycles. The summed E-state index contributed by atoms with van der Waals surface area (Å²) in [7, 11) is 0. The first kappa shape index (κ1) is 9.70. The van der Waals surface area contributed by atoms with Crippen LogP contribution in [0.5, 0.6) is 0 Å². The van der Waals surface area contributed by atoms with E-state index in [0.29, 0.717) is 11.0 Å². The average molecular weight is 217 g/mol. The van der Waals surface area contributed by atoms with Crippen LogP contribution in [0.25, 0.3) is 0 Å². The Morgan fingerprint density at radius 1 is 1.38 bits per heavy atom. The van der Waals surface area contributed by atoms with Crippen molar-refractivity contribution >= 4 is 11.7 Å². The number of aryl methyl sites for hydroxylation is 1. The minimum atomic E-state index is -0.832. The number of carbonyl (C=O) groups is 1. The summed E-state index contributed by atoms with van der Waals surface area (Å²) in [5.74, 6) is -0.832. The first-order valence-electron chi connectivity index (χ1n) is 5.69. The standard InChI is InChI=1S/C13H15NO2/c1-9-2-3-10(6-11(9)12(15)16)14-7-13(8-14)4-5-13/h2-3,6H,4-5,7-8H2,1H3,(H,15,16). The van der Waals surface area contributed by atoms with Crippen molar-refractivity contribution in [3.05, 3.63) is 29.3 Å². The summed E-state index contributed by atoms with van der Waals surface area (Å²) in [6.07, 6.45) is 2.70. The van der Waals surface area contributed by atoms with Crippen molar-refractivity contribution in [2.75, 3.05) is 18.0 Å². The molecule has 1 saturated carbocycles. The molecule has 1 aromatic carbocycles. The number of rotatable bonds is 2. The van der Waals surface area contributed by atoms with E-state index in [1.165, 1.54) is 12.8 Å². The van der Waals surface area contributed by atoms with Crippen LogP contribution in [-0.2, 0) is 0 Å². The fourth-order valence-electron chi connectivity index (χ4n) is 2.48. The molecule has 1 aliphatic carbocycles. The van der Waals surface area contributed by atoms with Crippen LogP contribution in [0.3, 0.4) is 0 Å². The Bertz CT molecular complexity index is 455. The Balaban J connectivity index is 1.85. The first-order valence-corrected chi connectivity index (χ1v) is 5.69. The van der Waals surface area contributed by atoms with Crippen LogP contribution in [0, 0.1) is 12.3 Å². The van der Waals surface area contributed by atoms with Gasteiger partial charge in [-0.3, -0.25) is 0 Å². The van der Waals surface area contributed by atoms with Crippen LogP contribution in [0.15, 0.2) is 18.2 Å². The van der Waals surface area contributed by atoms with E-state index in [0.717, 1.165) is 24.3 Å². The second kappa shape index (κ2) is 3.00. The molecule has 16 heavy (non-hydrogen) atoms. The predicted molar refractivity (Wildman–Crippen MR) is 62.0 cm³/mol. The van der Waals surface area contributed by atoms with Gasteiger partial charge in [-0.2, -0.15) is 0 Å². The van der Waals surface area contributed by atoms with Crippen LogP contribution in [-0.4, -0.2) is 24.2 Å². The number of hydrogen-bond acceptors (Lipinski definition) is 2. The molecule has 1 N–H and O–H groups in total. The van der Waals surface area contributed by atoms with Gasteiger partial charge in [-0.15, -0.1) is 0 Å². The van der Waals surface area contributed by atoms with Gasteiger partial charge in [0.2, 0.25) is 0 Å². The van der Waals surface area contributed by atoms with Crippen LogP contribution in [0.4, 0.5) is 5.69 Å². The molecule has 0 bridgehead atoms. The molecular formula is C13H15NO2. The molecule has 0 atom stereocenters. The lowest BCUT2D eigenvalue weighted by Crippen LogP contribution is -2.48. The van der Waals surface area contributed by atoms with E-state index in [9.17, 15) is 4.79 Å². The first-order chi connectivity index (χ1) is 7.60. The monoisotopic (exact) mass is 217 g/mol. The maximum atomic E-state index is 11.0. The summed E-state index contributed by atoms with van der Waals surface area (Å²) in [4.78, 5) is 13.3. The molecule has 0 radical (unpaired) electrons. The molecule has 84 valence electrons. The topological polar surface area (TPSA) is 40.5 Å². The summed E-state index contributed by atoms with van der Waals surface area (Å²) in [6, 6.07) is 5.72. The van der Waals surface area contributed by atoms with Gasteiger partial charge in [0.25, 0.3) is 0 Å². The molecule has 1 aromatic rings. The van der Waals surface area contributed by atoms with Gasteiger partial charge in [-0.1, -0.05) is 6.07 Å². The molecule has 3 heteroatoms. The van der Waals surface area contributed by atoms with Crippen LogP contribution >= 0.6 is 0 Å². The van der Waals surface area contributed by atoms with Gasteiger partial charge in [0.1, 0.15) is 0 Å². The predicted octanol–water partition coefficient (Wildman–Crippen LogP) is 2.29. The van der Waals surface area contributed by atoms with Gasteiger partial charge in [-0.25, -0.2) is 4.79 Å². The van der Waals surface area contributed by atoms with E-state index >= 15 is 0 Å². The molecule has 2 fully saturated rings. The van der Waals surface area contributed by atoms with Crippen molar-refractivity contribution < 1.29 is 9.90 Å². The molecule has 3 nitrogen and oxygen atoms in total. The Morgan fingerprint density at radius 3 is 2.62 bits per heavy atom. The normalized spacial score (nSPS) is 20.7. The van der Waals surface area contributed by atoms with Crippen molar-refractivity contribution in [2.45, 2.75) is 19.8 Å². The van der Waals surface area contributed by atoms with Crippen LogP contribution in [0.1, 0.15) is 28.8 Å². The molecule has 2 aliphatic rings. The van der Waals surface area contributed by atoms with Crippen molar-refractivity contribution in [2.24, 2.45) is 5.41 Å². The third-order valence-corrected chi connectivity index (χ3v) is 3.83. The van der Waals surface area contributed by atoms with Crippen molar-refractivity contribution in [3.8, 4) is 0 Å². The second-order valence-corrected chi connectivity index (χ2v) is 5.16. The molecule has 1 heterocycles. The summed E-state index contributed by atoms with van der Waals surface area (Å²) < 4.78 is 0. The fourth-order valence-corrected chi connectivity index (χ4v) is 2.48. The number of nitrogens with zero attached hydrogens (tertiary/aromatic N) is 1.